The van der Waals surface area contributed by atoms with E-state index in [2.05, 4.69) is 56.5 Å². The summed E-state index contributed by atoms with van der Waals surface area (Å²) < 4.78 is 8.08. The van der Waals surface area contributed by atoms with Crippen molar-refractivity contribution >= 4 is 22.7 Å². The molecule has 1 aromatic heterocycles. The van der Waals surface area contributed by atoms with Crippen molar-refractivity contribution in [1.82, 2.24) is 20.1 Å². The van der Waals surface area contributed by atoms with Gasteiger partial charge in [-0.25, -0.2) is 0 Å². The van der Waals surface area contributed by atoms with Crippen LogP contribution < -0.4 is 15.4 Å². The minimum Gasteiger partial charge on any atom is -0.497 e. The number of rotatable bonds is 9. The van der Waals surface area contributed by atoms with Gasteiger partial charge in [-0.1, -0.05) is 37.5 Å². The van der Waals surface area contributed by atoms with Gasteiger partial charge in [-0.3, -0.25) is 9.59 Å². The Bertz CT molecular complexity index is 1530. The number of nitrogens with zero attached hydrogens (tertiary/aromatic N) is 2. The molecular weight excluding hydrogens is 524 g/mol. The Morgan fingerprint density at radius 3 is 2.64 bits per heavy atom. The van der Waals surface area contributed by atoms with Crippen LogP contribution in [0.4, 0.5) is 0 Å². The Kier molecular flexibility index (Phi) is 7.88. The van der Waals surface area contributed by atoms with Crippen LogP contribution in [-0.2, 0) is 11.3 Å². The zero-order valence-electron chi connectivity index (χ0n) is 25.5. The smallest absolute Gasteiger partial charge is 0.251 e. The summed E-state index contributed by atoms with van der Waals surface area (Å²) in [6, 6.07) is 12.5. The van der Waals surface area contributed by atoms with Gasteiger partial charge < -0.3 is 24.8 Å². The van der Waals surface area contributed by atoms with Crippen molar-refractivity contribution in [3.63, 3.8) is 0 Å². The van der Waals surface area contributed by atoms with E-state index in [-0.39, 0.29) is 17.7 Å². The summed E-state index contributed by atoms with van der Waals surface area (Å²) in [7, 11) is 7.48. The van der Waals surface area contributed by atoms with E-state index in [1.807, 2.05) is 26.2 Å². The van der Waals surface area contributed by atoms with Gasteiger partial charge in [0.25, 0.3) is 5.91 Å². The van der Waals surface area contributed by atoms with E-state index < -0.39 is 5.41 Å². The average Bonchev–Trinajstić information content (AvgIpc) is 3.68. The fourth-order valence-corrected chi connectivity index (χ4v) is 7.43. The molecule has 0 bridgehead atoms. The summed E-state index contributed by atoms with van der Waals surface area (Å²) in [5.41, 5.74) is 6.21. The minimum atomic E-state index is -0.529. The molecule has 6 rings (SSSR count). The Labute approximate surface area is 249 Å². The Balaban J connectivity index is 1.47. The summed E-state index contributed by atoms with van der Waals surface area (Å²) in [6.45, 7) is 2.12. The lowest BCUT2D eigenvalue weighted by atomic mass is 9.81. The highest BCUT2D eigenvalue weighted by atomic mass is 16.5. The highest BCUT2D eigenvalue weighted by Crippen LogP contribution is 2.65. The van der Waals surface area contributed by atoms with Gasteiger partial charge >= 0.3 is 0 Å². The van der Waals surface area contributed by atoms with Gasteiger partial charge in [-0.05, 0) is 87.2 Å². The summed E-state index contributed by atoms with van der Waals surface area (Å²) in [5, 5.41) is 7.29. The first kappa shape index (κ1) is 28.5. The molecule has 2 atom stereocenters. The number of ether oxygens (including phenoxy) is 1. The third-order valence-corrected chi connectivity index (χ3v) is 9.70. The van der Waals surface area contributed by atoms with Crippen LogP contribution in [-0.4, -0.2) is 62.6 Å². The average molecular weight is 569 g/mol. The molecule has 2 aromatic carbocycles. The number of benzene rings is 2. The molecule has 3 aromatic rings. The standard InChI is InChI=1S/C35H44N4O3/c1-36-33(40)24-13-15-27-30(19-24)39-22-35(34(41)37-17-9-6-10-18-38(2)3)21-29(35)28-20-25(42-4)14-16-26(28)32(39)31(27)23-11-7-5-8-12-23/h6,10,13-16,19-20,23,29H,5,7-9,11-12,17-18,21-22H2,1-4H3,(H,36,40)(H,37,41)/b10-6+. The third kappa shape index (κ3) is 5.02. The molecule has 7 nitrogen and oxygen atoms in total. The second-order valence-corrected chi connectivity index (χ2v) is 12.6. The molecule has 0 saturated heterocycles. The number of nitrogens with one attached hydrogen (secondary N) is 2. The first-order chi connectivity index (χ1) is 20.4. The predicted molar refractivity (Wildman–Crippen MR) is 168 cm³/mol. The molecule has 0 spiro atoms. The number of hydrogen-bond donors (Lipinski definition) is 2. The number of likely N-dealkylation sites (N-methyl/N-ethyl adjacent to an activating group) is 1. The van der Waals surface area contributed by atoms with Crippen LogP contribution >= 0.6 is 0 Å². The van der Waals surface area contributed by atoms with Crippen LogP contribution in [0.1, 0.15) is 78.3 Å². The van der Waals surface area contributed by atoms with Gasteiger partial charge in [-0.15, -0.1) is 0 Å². The largest absolute Gasteiger partial charge is 0.497 e. The highest BCUT2D eigenvalue weighted by molar-refractivity contribution is 6.01. The molecule has 3 aliphatic rings. The SMILES string of the molecule is CNC(=O)c1ccc2c(C3CCCCC3)c3n(c2c1)CC1(C(=O)NCC/C=C/CN(C)C)CC1c1cc(OC)ccc1-3. The molecule has 2 aliphatic carbocycles. The highest BCUT2D eigenvalue weighted by Gasteiger charge is 2.62. The molecule has 2 fully saturated rings. The molecule has 2 N–H and O–H groups in total. The molecule has 2 amide bonds. The number of amides is 2. The monoisotopic (exact) mass is 568 g/mol. The number of methoxy groups -OCH3 is 1. The fourth-order valence-electron chi connectivity index (χ4n) is 7.43. The van der Waals surface area contributed by atoms with E-state index in [1.165, 1.54) is 59.9 Å². The molecule has 7 heteroatoms. The number of carbonyl (C=O) groups is 2. The van der Waals surface area contributed by atoms with Crippen molar-refractivity contribution in [2.24, 2.45) is 5.41 Å². The lowest BCUT2D eigenvalue weighted by Crippen LogP contribution is -2.36. The van der Waals surface area contributed by atoms with Crippen LogP contribution in [0.3, 0.4) is 0 Å². The van der Waals surface area contributed by atoms with Gasteiger partial charge in [0.15, 0.2) is 0 Å². The van der Waals surface area contributed by atoms with Crippen molar-refractivity contribution < 1.29 is 14.3 Å². The van der Waals surface area contributed by atoms with Crippen molar-refractivity contribution in [3.05, 3.63) is 65.2 Å². The van der Waals surface area contributed by atoms with E-state index in [0.717, 1.165) is 30.7 Å². The third-order valence-electron chi connectivity index (χ3n) is 9.70. The molecule has 1 aliphatic heterocycles. The molecule has 2 heterocycles. The number of fused-ring (bicyclic) bond motifs is 7. The number of aromatic nitrogens is 1. The maximum absolute atomic E-state index is 14.0. The molecule has 2 saturated carbocycles. The lowest BCUT2D eigenvalue weighted by Gasteiger charge is -2.24. The summed E-state index contributed by atoms with van der Waals surface area (Å²) in [6.07, 6.45) is 12.0. The van der Waals surface area contributed by atoms with Crippen LogP contribution in [0.25, 0.3) is 22.2 Å². The Morgan fingerprint density at radius 1 is 1.10 bits per heavy atom. The Hall–Kier alpha value is -3.58. The maximum Gasteiger partial charge on any atom is 0.251 e. The van der Waals surface area contributed by atoms with Crippen LogP contribution in [0.5, 0.6) is 5.75 Å². The van der Waals surface area contributed by atoms with E-state index in [9.17, 15) is 9.59 Å². The van der Waals surface area contributed by atoms with Crippen molar-refractivity contribution in [2.45, 2.75) is 63.3 Å². The molecule has 0 radical (unpaired) electrons. The fraction of sp³-hybridized carbons (Fsp3) is 0.486. The predicted octanol–water partition coefficient (Wildman–Crippen LogP) is 5.84. The topological polar surface area (TPSA) is 75.6 Å². The first-order valence-electron chi connectivity index (χ1n) is 15.5. The summed E-state index contributed by atoms with van der Waals surface area (Å²) >= 11 is 0. The van der Waals surface area contributed by atoms with Gasteiger partial charge in [0.05, 0.1) is 18.2 Å². The molecular formula is C35H44N4O3. The van der Waals surface area contributed by atoms with Gasteiger partial charge in [0.2, 0.25) is 5.91 Å². The number of hydrogen-bond acceptors (Lipinski definition) is 4. The van der Waals surface area contributed by atoms with Crippen LogP contribution in [0.2, 0.25) is 0 Å². The zero-order chi connectivity index (χ0) is 29.4. The number of carbonyl (C=O) groups excluding carboxylic acids is 2. The van der Waals surface area contributed by atoms with Crippen molar-refractivity contribution in [2.75, 3.05) is 41.3 Å². The van der Waals surface area contributed by atoms with E-state index >= 15 is 0 Å². The second kappa shape index (κ2) is 11.6. The quantitative estimate of drug-likeness (QED) is 0.251. The molecule has 222 valence electrons. The van der Waals surface area contributed by atoms with Crippen molar-refractivity contribution in [3.8, 4) is 17.0 Å². The van der Waals surface area contributed by atoms with Gasteiger partial charge in [0.1, 0.15) is 5.75 Å². The molecule has 42 heavy (non-hydrogen) atoms. The van der Waals surface area contributed by atoms with Crippen molar-refractivity contribution in [1.29, 1.82) is 0 Å². The van der Waals surface area contributed by atoms with Crippen LogP contribution in [0.15, 0.2) is 48.6 Å². The van der Waals surface area contributed by atoms with Gasteiger partial charge in [-0.2, -0.15) is 0 Å². The van der Waals surface area contributed by atoms with E-state index in [4.69, 9.17) is 4.74 Å². The normalized spacial score (nSPS) is 21.5. The second-order valence-electron chi connectivity index (χ2n) is 12.6. The Morgan fingerprint density at radius 2 is 1.90 bits per heavy atom. The molecule has 2 unspecified atom stereocenters. The van der Waals surface area contributed by atoms with Gasteiger partial charge in [0, 0.05) is 54.6 Å². The lowest BCUT2D eigenvalue weighted by molar-refractivity contribution is -0.126. The van der Waals surface area contributed by atoms with E-state index in [1.54, 1.807) is 14.2 Å². The zero-order valence-corrected chi connectivity index (χ0v) is 25.5. The summed E-state index contributed by atoms with van der Waals surface area (Å²) in [4.78, 5) is 28.9. The first-order valence-corrected chi connectivity index (χ1v) is 15.5. The van der Waals surface area contributed by atoms with E-state index in [0.29, 0.717) is 24.6 Å². The minimum absolute atomic E-state index is 0.0931. The maximum atomic E-state index is 14.0. The van der Waals surface area contributed by atoms with Crippen LogP contribution in [0, 0.1) is 5.41 Å². The summed E-state index contributed by atoms with van der Waals surface area (Å²) in [5.74, 6) is 1.45.